The number of ether oxygens (including phenoxy) is 6. The second-order valence-corrected chi connectivity index (χ2v) is 10.7. The highest BCUT2D eigenvalue weighted by Gasteiger charge is 2.35. The molecule has 164 valence electrons. The third-order valence-corrected chi connectivity index (χ3v) is 7.07. The van der Waals surface area contributed by atoms with E-state index in [1.807, 2.05) is 41.5 Å². The summed E-state index contributed by atoms with van der Waals surface area (Å²) < 4.78 is 35.7. The van der Waals surface area contributed by atoms with Gasteiger partial charge >= 0.3 is 0 Å². The van der Waals surface area contributed by atoms with E-state index < -0.39 is 10.8 Å². The Morgan fingerprint density at radius 3 is 1.11 bits per heavy atom. The maximum absolute atomic E-state index is 6.02. The minimum absolute atomic E-state index is 0.0729. The van der Waals surface area contributed by atoms with Crippen LogP contribution in [0.5, 0.6) is 0 Å². The summed E-state index contributed by atoms with van der Waals surface area (Å²) in [5.41, 5.74) is -1.22. The smallest absolute Gasteiger partial charge is 0.144 e. The van der Waals surface area contributed by atoms with Gasteiger partial charge in [-0.3, -0.25) is 0 Å². The van der Waals surface area contributed by atoms with Gasteiger partial charge in [0.25, 0.3) is 0 Å². The van der Waals surface area contributed by atoms with Gasteiger partial charge in [0.05, 0.1) is 20.5 Å². The second-order valence-electron chi connectivity index (χ2n) is 6.31. The van der Waals surface area contributed by atoms with Crippen LogP contribution >= 0.6 is 11.8 Å². The lowest BCUT2D eigenvalue weighted by atomic mass is 10.4. The maximum atomic E-state index is 6.02. The van der Waals surface area contributed by atoms with Crippen molar-refractivity contribution < 1.29 is 28.4 Å². The van der Waals surface area contributed by atoms with E-state index in [2.05, 4.69) is 0 Å². The lowest BCUT2D eigenvalue weighted by Crippen LogP contribution is -2.42. The number of hydrogen-bond acceptors (Lipinski definition) is 7. The molecule has 0 bridgehead atoms. The van der Waals surface area contributed by atoms with Gasteiger partial charge in [0.15, 0.2) is 0 Å². The summed E-state index contributed by atoms with van der Waals surface area (Å²) in [6, 6.07) is 0. The van der Waals surface area contributed by atoms with Crippen LogP contribution in [0, 0.1) is 0 Å². The van der Waals surface area contributed by atoms with Gasteiger partial charge in [-0.15, -0.1) is 0 Å². The van der Waals surface area contributed by atoms with Crippen LogP contribution in [0.3, 0.4) is 0 Å². The minimum atomic E-state index is -0.537. The first-order chi connectivity index (χ1) is 12.8. The summed E-state index contributed by atoms with van der Waals surface area (Å²) in [6.07, 6.45) is 1.36. The fraction of sp³-hybridized carbons (Fsp3) is 1.00. The number of rotatable bonds is 18. The van der Waals surface area contributed by atoms with Crippen LogP contribution in [0.2, 0.25) is 0 Å². The van der Waals surface area contributed by atoms with E-state index in [0.29, 0.717) is 52.5 Å². The molecule has 0 aliphatic carbocycles. The van der Waals surface area contributed by atoms with Crippen molar-refractivity contribution in [3.8, 4) is 0 Å². The molecule has 2 unspecified atom stereocenters. The van der Waals surface area contributed by atoms with Gasteiger partial charge in [-0.2, -0.15) is 0 Å². The van der Waals surface area contributed by atoms with E-state index in [1.165, 1.54) is 0 Å². The Morgan fingerprint density at radius 2 is 0.889 bits per heavy atom. The molecule has 0 saturated carbocycles. The van der Waals surface area contributed by atoms with Crippen LogP contribution in [-0.2, 0) is 28.4 Å². The summed E-state index contributed by atoms with van der Waals surface area (Å²) in [5, 5.41) is 0. The summed E-state index contributed by atoms with van der Waals surface area (Å²) in [7, 11) is 1.54. The van der Waals surface area contributed by atoms with Crippen LogP contribution in [0.25, 0.3) is 0 Å². The molecule has 0 spiro atoms. The highest BCUT2D eigenvalue weighted by Crippen LogP contribution is 2.33. The molecule has 0 N–H and O–H groups in total. The third kappa shape index (κ3) is 12.0. The minimum Gasteiger partial charge on any atom is -0.368 e. The molecule has 0 amide bonds. The highest BCUT2D eigenvalue weighted by molar-refractivity contribution is 8.00. The Morgan fingerprint density at radius 1 is 0.593 bits per heavy atom. The molecular weight excluding hydrogens is 400 g/mol. The van der Waals surface area contributed by atoms with Crippen LogP contribution < -0.4 is 0 Å². The molecule has 0 radical (unpaired) electrons. The number of thioether (sulfide) groups is 1. The van der Waals surface area contributed by atoms with Crippen LogP contribution in [0.15, 0.2) is 0 Å². The summed E-state index contributed by atoms with van der Waals surface area (Å²) in [4.78, 5) is 0. The van der Waals surface area contributed by atoms with E-state index in [0.717, 1.165) is 20.5 Å². The topological polar surface area (TPSA) is 55.4 Å². The van der Waals surface area contributed by atoms with Gasteiger partial charge in [0.1, 0.15) is 21.7 Å². The molecule has 0 heterocycles. The van der Waals surface area contributed by atoms with Crippen molar-refractivity contribution in [2.75, 3.05) is 39.6 Å². The van der Waals surface area contributed by atoms with E-state index in [-0.39, 0.29) is 10.9 Å². The second kappa shape index (κ2) is 15.4. The molecular formula is C18H42O6SSi2. The van der Waals surface area contributed by atoms with E-state index in [1.54, 1.807) is 11.8 Å². The number of hydrogen-bond donors (Lipinski definition) is 0. The predicted octanol–water partition coefficient (Wildman–Crippen LogP) is 1.41. The molecule has 27 heavy (non-hydrogen) atoms. The zero-order valence-corrected chi connectivity index (χ0v) is 23.5. The average Bonchev–Trinajstić information content (AvgIpc) is 2.55. The monoisotopic (exact) mass is 442 g/mol. The molecule has 0 aliphatic rings. The molecule has 6 nitrogen and oxygen atoms in total. The largest absolute Gasteiger partial charge is 0.368 e. The lowest BCUT2D eigenvalue weighted by molar-refractivity contribution is -0.187. The van der Waals surface area contributed by atoms with Crippen molar-refractivity contribution in [3.05, 3.63) is 0 Å². The quantitative estimate of drug-likeness (QED) is 0.235. The first-order valence-corrected chi connectivity index (χ1v) is 13.2. The van der Waals surface area contributed by atoms with Crippen molar-refractivity contribution in [1.29, 1.82) is 0 Å². The van der Waals surface area contributed by atoms with Gasteiger partial charge in [0.2, 0.25) is 0 Å². The Balaban J connectivity index is 5.18. The molecule has 0 aliphatic heterocycles. The summed E-state index contributed by atoms with van der Waals surface area (Å²) >= 11 is 1.68. The average molecular weight is 443 g/mol. The van der Waals surface area contributed by atoms with Gasteiger partial charge < -0.3 is 28.4 Å². The predicted molar refractivity (Wildman–Crippen MR) is 119 cm³/mol. The third-order valence-electron chi connectivity index (χ3n) is 3.88. The van der Waals surface area contributed by atoms with Crippen LogP contribution in [-0.4, -0.2) is 81.8 Å². The molecule has 0 aromatic carbocycles. The van der Waals surface area contributed by atoms with Crippen molar-refractivity contribution in [3.63, 3.8) is 0 Å². The molecule has 0 saturated heterocycles. The van der Waals surface area contributed by atoms with E-state index in [4.69, 9.17) is 28.4 Å². The normalized spacial score (nSPS) is 15.3. The molecule has 9 heteroatoms. The fourth-order valence-corrected chi connectivity index (χ4v) is 7.03. The Labute approximate surface area is 176 Å². The maximum Gasteiger partial charge on any atom is 0.144 e. The van der Waals surface area contributed by atoms with Gasteiger partial charge in [-0.25, -0.2) is 0 Å². The first kappa shape index (κ1) is 27.5. The standard InChI is InChI=1S/C18H42O6SSi2/c1-7-19-15(13-17(26,21-9-3)22-10-4)25-16(20-8-2)14-18(27,23-11-5)24-12-6/h15-16H,7-14H2,1-6,26-27H3. The zero-order valence-electron chi connectivity index (χ0n) is 18.7. The molecule has 0 aromatic heterocycles. The SMILES string of the molecule is CCOC(CC([SiH3])(OCC)OCC)SC(CC([SiH3])(OCC)OCC)OCC. The van der Waals surface area contributed by atoms with Crippen molar-refractivity contribution in [2.45, 2.75) is 76.1 Å². The molecule has 2 atom stereocenters. The van der Waals surface area contributed by atoms with Crippen LogP contribution in [0.1, 0.15) is 54.4 Å². The van der Waals surface area contributed by atoms with Gasteiger partial charge in [-0.05, 0) is 41.5 Å². The van der Waals surface area contributed by atoms with Gasteiger partial charge in [0, 0.05) is 52.5 Å². The highest BCUT2D eigenvalue weighted by atomic mass is 32.2. The van der Waals surface area contributed by atoms with E-state index >= 15 is 0 Å². The Hall–Kier alpha value is 0.544. The van der Waals surface area contributed by atoms with Crippen molar-refractivity contribution in [2.24, 2.45) is 0 Å². The zero-order chi connectivity index (χ0) is 20.8. The summed E-state index contributed by atoms with van der Waals surface area (Å²) in [6.45, 7) is 15.8. The van der Waals surface area contributed by atoms with Crippen LogP contribution in [0.4, 0.5) is 0 Å². The molecule has 0 aromatic rings. The lowest BCUT2D eigenvalue weighted by Gasteiger charge is -2.36. The van der Waals surface area contributed by atoms with Crippen molar-refractivity contribution in [1.82, 2.24) is 0 Å². The van der Waals surface area contributed by atoms with Crippen molar-refractivity contribution >= 4 is 32.2 Å². The first-order valence-electron chi connectivity index (χ1n) is 10.3. The summed E-state index contributed by atoms with van der Waals surface area (Å²) in [5.74, 6) is 0. The fourth-order valence-electron chi connectivity index (χ4n) is 2.98. The Bertz CT molecular complexity index is 321. The Kier molecular flexibility index (Phi) is 15.7. The molecule has 0 fully saturated rings. The van der Waals surface area contributed by atoms with E-state index in [9.17, 15) is 0 Å². The van der Waals surface area contributed by atoms with Gasteiger partial charge in [-0.1, -0.05) is 11.8 Å². The molecule has 0 rings (SSSR count).